The minimum absolute atomic E-state index is 0.0559. The molecule has 0 aromatic heterocycles. The summed E-state index contributed by atoms with van der Waals surface area (Å²) in [5.74, 6) is 0.663. The van der Waals surface area contributed by atoms with Crippen molar-refractivity contribution in [1.82, 2.24) is 4.90 Å². The highest BCUT2D eigenvalue weighted by molar-refractivity contribution is 9.10. The second kappa shape index (κ2) is 11.9. The molecule has 0 spiro atoms. The minimum Gasteiger partial charge on any atom is -0.490 e. The molecule has 1 aromatic carbocycles. The number of benzene rings is 1. The van der Waals surface area contributed by atoms with Crippen LogP contribution in [0.2, 0.25) is 0 Å². The van der Waals surface area contributed by atoms with Crippen molar-refractivity contribution in [2.45, 2.75) is 52.4 Å². The third kappa shape index (κ3) is 7.00. The topological polar surface area (TPSA) is 65.1 Å². The predicted molar refractivity (Wildman–Crippen MR) is 111 cm³/mol. The van der Waals surface area contributed by atoms with Gasteiger partial charge in [0, 0.05) is 17.6 Å². The Kier molecular flexibility index (Phi) is 9.61. The standard InChI is InChI=1S/C21H30BrNO5/c1-3-26-18-12-16(17(22)14-19(18)27-4-2)13-21(25)28-15-20(24)23-10-8-6-5-7-9-11-23/h12,14H,3-11,13,15H2,1-2H3. The minimum atomic E-state index is -0.437. The van der Waals surface area contributed by atoms with E-state index < -0.39 is 5.97 Å². The zero-order valence-electron chi connectivity index (χ0n) is 16.8. The Morgan fingerprint density at radius 2 is 1.54 bits per heavy atom. The first-order valence-corrected chi connectivity index (χ1v) is 10.9. The number of carbonyl (C=O) groups is 2. The van der Waals surface area contributed by atoms with E-state index in [1.807, 2.05) is 18.7 Å². The van der Waals surface area contributed by atoms with Crippen molar-refractivity contribution >= 4 is 27.8 Å². The molecule has 0 aliphatic carbocycles. The first kappa shape index (κ1) is 22.5. The molecule has 6 nitrogen and oxygen atoms in total. The van der Waals surface area contributed by atoms with Gasteiger partial charge in [-0.1, -0.05) is 35.2 Å². The van der Waals surface area contributed by atoms with Crippen molar-refractivity contribution in [3.8, 4) is 11.5 Å². The summed E-state index contributed by atoms with van der Waals surface area (Å²) in [6, 6.07) is 3.57. The lowest BCUT2D eigenvalue weighted by atomic mass is 10.1. The maximum absolute atomic E-state index is 12.3. The Hall–Kier alpha value is -1.76. The van der Waals surface area contributed by atoms with Crippen molar-refractivity contribution in [1.29, 1.82) is 0 Å². The molecule has 1 aliphatic heterocycles. The van der Waals surface area contributed by atoms with E-state index in [-0.39, 0.29) is 18.9 Å². The van der Waals surface area contributed by atoms with Crippen LogP contribution in [0.4, 0.5) is 0 Å². The fourth-order valence-electron chi connectivity index (χ4n) is 3.19. The number of amides is 1. The van der Waals surface area contributed by atoms with E-state index in [1.165, 1.54) is 6.42 Å². The molecular weight excluding hydrogens is 426 g/mol. The number of ether oxygens (including phenoxy) is 3. The molecule has 1 aliphatic rings. The molecule has 1 heterocycles. The summed E-state index contributed by atoms with van der Waals surface area (Å²) in [5, 5.41) is 0. The summed E-state index contributed by atoms with van der Waals surface area (Å²) in [5.41, 5.74) is 0.732. The van der Waals surface area contributed by atoms with E-state index in [2.05, 4.69) is 15.9 Å². The van der Waals surface area contributed by atoms with Gasteiger partial charge >= 0.3 is 5.97 Å². The molecule has 2 rings (SSSR count). The van der Waals surface area contributed by atoms with Gasteiger partial charge < -0.3 is 19.1 Å². The lowest BCUT2D eigenvalue weighted by Gasteiger charge is -2.24. The molecule has 0 bridgehead atoms. The smallest absolute Gasteiger partial charge is 0.310 e. The van der Waals surface area contributed by atoms with Crippen LogP contribution in [-0.4, -0.2) is 49.7 Å². The van der Waals surface area contributed by atoms with Crippen LogP contribution < -0.4 is 9.47 Å². The highest BCUT2D eigenvalue weighted by Crippen LogP contribution is 2.34. The van der Waals surface area contributed by atoms with E-state index in [0.29, 0.717) is 24.7 Å². The number of carbonyl (C=O) groups excluding carboxylic acids is 2. The van der Waals surface area contributed by atoms with Gasteiger partial charge in [0.05, 0.1) is 19.6 Å². The normalized spacial score (nSPS) is 14.8. The number of likely N-dealkylation sites (tertiary alicyclic amines) is 1. The Labute approximate surface area is 175 Å². The van der Waals surface area contributed by atoms with E-state index >= 15 is 0 Å². The second-order valence-electron chi connectivity index (χ2n) is 6.74. The van der Waals surface area contributed by atoms with Crippen LogP contribution in [0.1, 0.15) is 51.5 Å². The first-order valence-electron chi connectivity index (χ1n) is 10.1. The fraction of sp³-hybridized carbons (Fsp3) is 0.619. The average Bonchev–Trinajstić information content (AvgIpc) is 2.63. The van der Waals surface area contributed by atoms with Gasteiger partial charge in [-0.05, 0) is 44.4 Å². The van der Waals surface area contributed by atoms with Crippen molar-refractivity contribution in [3.63, 3.8) is 0 Å². The molecule has 7 heteroatoms. The lowest BCUT2D eigenvalue weighted by Crippen LogP contribution is -2.37. The van der Waals surface area contributed by atoms with Gasteiger partial charge in [0.25, 0.3) is 5.91 Å². The Morgan fingerprint density at radius 1 is 0.964 bits per heavy atom. The Morgan fingerprint density at radius 3 is 2.14 bits per heavy atom. The van der Waals surface area contributed by atoms with Crippen LogP contribution >= 0.6 is 15.9 Å². The Bertz CT molecular complexity index is 656. The molecule has 0 saturated carbocycles. The zero-order valence-corrected chi connectivity index (χ0v) is 18.4. The molecule has 1 saturated heterocycles. The van der Waals surface area contributed by atoms with Crippen LogP contribution in [0.25, 0.3) is 0 Å². The van der Waals surface area contributed by atoms with E-state index in [4.69, 9.17) is 14.2 Å². The van der Waals surface area contributed by atoms with Crippen molar-refractivity contribution in [3.05, 3.63) is 22.2 Å². The van der Waals surface area contributed by atoms with Gasteiger partial charge in [-0.25, -0.2) is 0 Å². The largest absolute Gasteiger partial charge is 0.490 e. The van der Waals surface area contributed by atoms with Crippen LogP contribution in [-0.2, 0) is 20.7 Å². The van der Waals surface area contributed by atoms with E-state index in [1.54, 1.807) is 12.1 Å². The maximum Gasteiger partial charge on any atom is 0.310 e. The fourth-order valence-corrected chi connectivity index (χ4v) is 3.65. The highest BCUT2D eigenvalue weighted by Gasteiger charge is 2.18. The van der Waals surface area contributed by atoms with Gasteiger partial charge in [-0.15, -0.1) is 0 Å². The van der Waals surface area contributed by atoms with Gasteiger partial charge in [0.1, 0.15) is 0 Å². The number of nitrogens with zero attached hydrogens (tertiary/aromatic N) is 1. The quantitative estimate of drug-likeness (QED) is 0.551. The molecule has 1 fully saturated rings. The molecular formula is C21H30BrNO5. The molecule has 156 valence electrons. The van der Waals surface area contributed by atoms with E-state index in [0.717, 1.165) is 48.8 Å². The summed E-state index contributed by atoms with van der Waals surface area (Å²) < 4.78 is 17.2. The van der Waals surface area contributed by atoms with Gasteiger partial charge in [0.2, 0.25) is 0 Å². The van der Waals surface area contributed by atoms with Crippen LogP contribution in [0.3, 0.4) is 0 Å². The third-order valence-corrected chi connectivity index (χ3v) is 5.35. The average molecular weight is 456 g/mol. The second-order valence-corrected chi connectivity index (χ2v) is 7.60. The Balaban J connectivity index is 1.92. The van der Waals surface area contributed by atoms with Gasteiger partial charge in [-0.2, -0.15) is 0 Å². The summed E-state index contributed by atoms with van der Waals surface area (Å²) >= 11 is 3.47. The molecule has 0 N–H and O–H groups in total. The molecule has 0 atom stereocenters. The number of rotatable bonds is 8. The summed E-state index contributed by atoms with van der Waals surface area (Å²) in [6.07, 6.45) is 5.62. The molecule has 1 amide bonds. The van der Waals surface area contributed by atoms with Gasteiger partial charge in [-0.3, -0.25) is 9.59 Å². The number of halogens is 1. The number of hydrogen-bond donors (Lipinski definition) is 0. The summed E-state index contributed by atoms with van der Waals surface area (Å²) in [4.78, 5) is 26.4. The van der Waals surface area contributed by atoms with Crippen molar-refractivity contribution in [2.75, 3.05) is 32.9 Å². The molecule has 0 radical (unpaired) electrons. The molecule has 1 aromatic rings. The zero-order chi connectivity index (χ0) is 20.4. The first-order chi connectivity index (χ1) is 13.5. The van der Waals surface area contributed by atoms with Crippen LogP contribution in [0.15, 0.2) is 16.6 Å². The maximum atomic E-state index is 12.3. The van der Waals surface area contributed by atoms with Crippen molar-refractivity contribution < 1.29 is 23.8 Å². The monoisotopic (exact) mass is 455 g/mol. The SMILES string of the molecule is CCOc1cc(Br)c(CC(=O)OCC(=O)N2CCCCCCC2)cc1OCC. The van der Waals surface area contributed by atoms with Crippen LogP contribution in [0, 0.1) is 0 Å². The van der Waals surface area contributed by atoms with Crippen molar-refractivity contribution in [2.24, 2.45) is 0 Å². The summed E-state index contributed by atoms with van der Waals surface area (Å²) in [6.45, 7) is 6.10. The van der Waals surface area contributed by atoms with Crippen LogP contribution in [0.5, 0.6) is 11.5 Å². The highest BCUT2D eigenvalue weighted by atomic mass is 79.9. The number of esters is 1. The predicted octanol–water partition coefficient (Wildman–Crippen LogP) is 4.12. The van der Waals surface area contributed by atoms with E-state index in [9.17, 15) is 9.59 Å². The van der Waals surface area contributed by atoms with Gasteiger partial charge in [0.15, 0.2) is 18.1 Å². The number of hydrogen-bond acceptors (Lipinski definition) is 5. The third-order valence-electron chi connectivity index (χ3n) is 4.61. The molecule has 28 heavy (non-hydrogen) atoms. The molecule has 0 unspecified atom stereocenters. The lowest BCUT2D eigenvalue weighted by molar-refractivity contribution is -0.151. The summed E-state index contributed by atoms with van der Waals surface area (Å²) in [7, 11) is 0.